The van der Waals surface area contributed by atoms with Gasteiger partial charge in [-0.15, -0.1) is 11.6 Å². The Morgan fingerprint density at radius 2 is 1.76 bits per heavy atom. The van der Waals surface area contributed by atoms with E-state index in [1.807, 2.05) is 0 Å². The molecule has 0 unspecified atom stereocenters. The molecule has 21 heavy (non-hydrogen) atoms. The largest absolute Gasteiger partial charge is 0.405 e. The smallest absolute Gasteiger partial charge is 0.360 e. The van der Waals surface area contributed by atoms with Crippen LogP contribution in [-0.4, -0.2) is 52.0 Å². The van der Waals surface area contributed by atoms with Crippen molar-refractivity contribution in [2.24, 2.45) is 0 Å². The zero-order valence-corrected chi connectivity index (χ0v) is 13.1. The first kappa shape index (κ1) is 18.1. The molecule has 0 spiro atoms. The highest BCUT2D eigenvalue weighted by Crippen LogP contribution is 2.29. The van der Waals surface area contributed by atoms with Gasteiger partial charge in [0, 0.05) is 26.5 Å². The number of anilines is 1. The van der Waals surface area contributed by atoms with Crippen LogP contribution in [0, 0.1) is 0 Å². The van der Waals surface area contributed by atoms with Crippen molar-refractivity contribution in [1.29, 1.82) is 0 Å². The molecule has 9 heteroatoms. The van der Waals surface area contributed by atoms with Gasteiger partial charge < -0.3 is 4.90 Å². The summed E-state index contributed by atoms with van der Waals surface area (Å²) in [4.78, 5) is 0.744. The molecule has 0 atom stereocenters. The number of alkyl halides is 4. The molecule has 0 saturated heterocycles. The zero-order valence-electron chi connectivity index (χ0n) is 11.6. The van der Waals surface area contributed by atoms with Gasteiger partial charge in [0.1, 0.15) is 11.4 Å². The van der Waals surface area contributed by atoms with Gasteiger partial charge in [0.25, 0.3) is 0 Å². The van der Waals surface area contributed by atoms with Gasteiger partial charge >= 0.3 is 6.18 Å². The van der Waals surface area contributed by atoms with Gasteiger partial charge in [0.2, 0.25) is 10.0 Å². The average molecular weight is 345 g/mol. The van der Waals surface area contributed by atoms with Gasteiger partial charge in [-0.2, -0.15) is 13.2 Å². The predicted octanol–water partition coefficient (Wildman–Crippen LogP) is 2.54. The van der Waals surface area contributed by atoms with E-state index in [1.165, 1.54) is 38.4 Å². The molecular formula is C12H16ClF3N2O2S. The SMILES string of the molecule is CN(C)S(=O)(=O)c1ccccc1N(CCCl)CC(F)(F)F. The number of para-hydroxylation sites is 1. The molecule has 0 N–H and O–H groups in total. The standard InChI is InChI=1S/C12H16ClF3N2O2S/c1-17(2)21(19,20)11-6-4-3-5-10(11)18(8-7-13)9-12(14,15)16/h3-6H,7-9H2,1-2H3. The molecule has 0 aliphatic rings. The lowest BCUT2D eigenvalue weighted by Gasteiger charge is -2.27. The summed E-state index contributed by atoms with van der Waals surface area (Å²) in [7, 11) is -1.20. The molecule has 0 heterocycles. The minimum Gasteiger partial charge on any atom is -0.360 e. The van der Waals surface area contributed by atoms with E-state index in [0.717, 1.165) is 9.21 Å². The fourth-order valence-electron chi connectivity index (χ4n) is 1.74. The summed E-state index contributed by atoms with van der Waals surface area (Å²) in [6, 6.07) is 5.57. The third kappa shape index (κ3) is 4.76. The van der Waals surface area contributed by atoms with Crippen molar-refractivity contribution in [1.82, 2.24) is 4.31 Å². The van der Waals surface area contributed by atoms with Gasteiger partial charge in [-0.1, -0.05) is 12.1 Å². The highest BCUT2D eigenvalue weighted by atomic mass is 35.5. The fourth-order valence-corrected chi connectivity index (χ4v) is 3.05. The van der Waals surface area contributed by atoms with E-state index in [9.17, 15) is 21.6 Å². The fraction of sp³-hybridized carbons (Fsp3) is 0.500. The topological polar surface area (TPSA) is 40.6 Å². The summed E-state index contributed by atoms with van der Waals surface area (Å²) in [5.41, 5.74) is -0.0100. The van der Waals surface area contributed by atoms with E-state index in [-0.39, 0.29) is 23.0 Å². The molecule has 0 aromatic heterocycles. The Morgan fingerprint density at radius 3 is 2.24 bits per heavy atom. The molecule has 0 aliphatic carbocycles. The summed E-state index contributed by atoms with van der Waals surface area (Å²) in [6.45, 7) is -1.37. The molecule has 120 valence electrons. The van der Waals surface area contributed by atoms with Crippen LogP contribution in [0.3, 0.4) is 0 Å². The van der Waals surface area contributed by atoms with Crippen LogP contribution in [0.15, 0.2) is 29.2 Å². The first-order chi connectivity index (χ1) is 9.59. The van der Waals surface area contributed by atoms with Gasteiger partial charge in [-0.05, 0) is 12.1 Å². The van der Waals surface area contributed by atoms with E-state index in [4.69, 9.17) is 11.6 Å². The second-order valence-corrected chi connectivity index (χ2v) is 6.98. The summed E-state index contributed by atoms with van der Waals surface area (Å²) in [5, 5.41) is 0. The van der Waals surface area contributed by atoms with Gasteiger partial charge in [-0.25, -0.2) is 12.7 Å². The van der Waals surface area contributed by atoms with Crippen LogP contribution in [0.1, 0.15) is 0 Å². The molecule has 0 radical (unpaired) electrons. The Bertz CT molecular complexity index is 576. The summed E-state index contributed by atoms with van der Waals surface area (Å²) < 4.78 is 63.4. The highest BCUT2D eigenvalue weighted by Gasteiger charge is 2.33. The minimum atomic E-state index is -4.46. The second kappa shape index (κ2) is 6.85. The molecule has 1 aromatic carbocycles. The first-order valence-electron chi connectivity index (χ1n) is 5.99. The predicted molar refractivity (Wildman–Crippen MR) is 76.3 cm³/mol. The van der Waals surface area contributed by atoms with Crippen LogP contribution in [-0.2, 0) is 10.0 Å². The Labute approximate surface area is 127 Å². The second-order valence-electron chi connectivity index (χ2n) is 4.48. The molecule has 4 nitrogen and oxygen atoms in total. The first-order valence-corrected chi connectivity index (χ1v) is 7.96. The van der Waals surface area contributed by atoms with Crippen LogP contribution in [0.5, 0.6) is 0 Å². The maximum Gasteiger partial charge on any atom is 0.405 e. The molecule has 1 aromatic rings. The molecule has 0 bridgehead atoms. The number of nitrogens with zero attached hydrogens (tertiary/aromatic N) is 2. The number of benzene rings is 1. The highest BCUT2D eigenvalue weighted by molar-refractivity contribution is 7.89. The zero-order chi connectivity index (χ0) is 16.3. The lowest BCUT2D eigenvalue weighted by molar-refractivity contribution is -0.119. The maximum atomic E-state index is 12.7. The van der Waals surface area contributed by atoms with Crippen LogP contribution < -0.4 is 4.90 Å². The number of sulfonamides is 1. The van der Waals surface area contributed by atoms with Crippen LogP contribution in [0.4, 0.5) is 18.9 Å². The van der Waals surface area contributed by atoms with Gasteiger partial charge in [0.15, 0.2) is 0 Å². The summed E-state index contributed by atoms with van der Waals surface area (Å²) >= 11 is 5.54. The molecule has 0 aliphatic heterocycles. The number of halogens is 4. The van der Waals surface area contributed by atoms with Gasteiger partial charge in [0.05, 0.1) is 5.69 Å². The van der Waals surface area contributed by atoms with Crippen molar-refractivity contribution in [2.45, 2.75) is 11.1 Å². The van der Waals surface area contributed by atoms with E-state index in [2.05, 4.69) is 0 Å². The van der Waals surface area contributed by atoms with Crippen LogP contribution >= 0.6 is 11.6 Å². The van der Waals surface area contributed by atoms with Crippen LogP contribution in [0.25, 0.3) is 0 Å². The quantitative estimate of drug-likeness (QED) is 0.745. The number of rotatable bonds is 6. The van der Waals surface area contributed by atoms with E-state index < -0.39 is 22.7 Å². The minimum absolute atomic E-state index is 0.0100. The Kier molecular flexibility index (Phi) is 5.89. The van der Waals surface area contributed by atoms with Crippen molar-refractivity contribution in [3.8, 4) is 0 Å². The summed E-state index contributed by atoms with van der Waals surface area (Å²) in [5.74, 6) is -0.0492. The Hall–Kier alpha value is -0.990. The van der Waals surface area contributed by atoms with Crippen molar-refractivity contribution in [2.75, 3.05) is 38.0 Å². The lowest BCUT2D eigenvalue weighted by Crippen LogP contribution is -2.37. The monoisotopic (exact) mass is 344 g/mol. The average Bonchev–Trinajstić information content (AvgIpc) is 2.36. The Balaban J connectivity index is 3.33. The van der Waals surface area contributed by atoms with Crippen LogP contribution in [0.2, 0.25) is 0 Å². The van der Waals surface area contributed by atoms with Crippen molar-refractivity contribution in [3.05, 3.63) is 24.3 Å². The maximum absolute atomic E-state index is 12.7. The van der Waals surface area contributed by atoms with Crippen molar-refractivity contribution >= 4 is 27.3 Å². The van der Waals surface area contributed by atoms with E-state index >= 15 is 0 Å². The van der Waals surface area contributed by atoms with Crippen molar-refractivity contribution < 1.29 is 21.6 Å². The third-order valence-electron chi connectivity index (χ3n) is 2.69. The van der Waals surface area contributed by atoms with Crippen molar-refractivity contribution in [3.63, 3.8) is 0 Å². The number of hydrogen-bond acceptors (Lipinski definition) is 3. The normalized spacial score (nSPS) is 12.7. The molecule has 1 rings (SSSR count). The van der Waals surface area contributed by atoms with E-state index in [0.29, 0.717) is 0 Å². The Morgan fingerprint density at radius 1 is 1.19 bits per heavy atom. The molecular weight excluding hydrogens is 329 g/mol. The summed E-state index contributed by atoms with van der Waals surface area (Å²) in [6.07, 6.45) is -4.46. The third-order valence-corrected chi connectivity index (χ3v) is 4.72. The van der Waals surface area contributed by atoms with Gasteiger partial charge in [-0.3, -0.25) is 0 Å². The molecule has 0 fully saturated rings. The molecule has 0 amide bonds. The number of hydrogen-bond donors (Lipinski definition) is 0. The lowest BCUT2D eigenvalue weighted by atomic mass is 10.3. The molecule has 0 saturated carbocycles. The van der Waals surface area contributed by atoms with E-state index in [1.54, 1.807) is 0 Å².